The van der Waals surface area contributed by atoms with E-state index in [1.807, 2.05) is 12.1 Å². The Morgan fingerprint density at radius 2 is 1.90 bits per heavy atom. The average Bonchev–Trinajstić information content (AvgIpc) is 2.84. The van der Waals surface area contributed by atoms with Crippen molar-refractivity contribution in [3.8, 4) is 0 Å². The van der Waals surface area contributed by atoms with E-state index < -0.39 is 0 Å². The maximum atomic E-state index is 12.9. The first-order valence-corrected chi connectivity index (χ1v) is 7.73. The number of ketones is 1. The van der Waals surface area contributed by atoms with Crippen molar-refractivity contribution in [2.75, 3.05) is 5.73 Å². The summed E-state index contributed by atoms with van der Waals surface area (Å²) in [4.78, 5) is 12.9. The summed E-state index contributed by atoms with van der Waals surface area (Å²) < 4.78 is 2.18. The molecule has 0 saturated heterocycles. The Morgan fingerprint density at radius 1 is 1.14 bits per heavy atom. The second kappa shape index (κ2) is 6.61. The number of aromatic nitrogens is 1. The Bertz CT molecular complexity index is 641. The number of rotatable bonds is 6. The van der Waals surface area contributed by atoms with Crippen LogP contribution in [-0.4, -0.2) is 10.4 Å². The van der Waals surface area contributed by atoms with E-state index in [0.29, 0.717) is 11.3 Å². The summed E-state index contributed by atoms with van der Waals surface area (Å²) in [7, 11) is 0. The second-order valence-electron chi connectivity index (χ2n) is 5.32. The van der Waals surface area contributed by atoms with Gasteiger partial charge in [0.1, 0.15) is 0 Å². The largest absolute Gasteiger partial charge is 0.399 e. The van der Waals surface area contributed by atoms with Crippen molar-refractivity contribution in [3.05, 3.63) is 52.8 Å². The van der Waals surface area contributed by atoms with Crippen molar-refractivity contribution in [2.45, 2.75) is 46.6 Å². The molecule has 3 nitrogen and oxygen atoms in total. The van der Waals surface area contributed by atoms with Crippen LogP contribution in [0, 0.1) is 0 Å². The number of hydrogen-bond acceptors (Lipinski definition) is 2. The zero-order chi connectivity index (χ0) is 15.4. The minimum absolute atomic E-state index is 0.0762. The van der Waals surface area contributed by atoms with Gasteiger partial charge in [-0.2, -0.15) is 0 Å². The molecule has 112 valence electrons. The summed E-state index contributed by atoms with van der Waals surface area (Å²) in [5.41, 5.74) is 10.3. The highest BCUT2D eigenvalue weighted by Gasteiger charge is 2.20. The van der Waals surface area contributed by atoms with Gasteiger partial charge in [-0.1, -0.05) is 32.9 Å². The third kappa shape index (κ3) is 3.02. The van der Waals surface area contributed by atoms with E-state index in [0.717, 1.165) is 37.1 Å². The highest BCUT2D eigenvalue weighted by Crippen LogP contribution is 2.22. The van der Waals surface area contributed by atoms with Crippen LogP contribution in [0.4, 0.5) is 5.69 Å². The van der Waals surface area contributed by atoms with E-state index in [4.69, 9.17) is 5.73 Å². The predicted octanol–water partition coefficient (Wildman–Crippen LogP) is 3.84. The van der Waals surface area contributed by atoms with Crippen LogP contribution in [0.5, 0.6) is 0 Å². The van der Waals surface area contributed by atoms with E-state index in [1.54, 1.807) is 12.1 Å². The molecular weight excluding hydrogens is 260 g/mol. The molecule has 0 aliphatic heterocycles. The Balaban J connectivity index is 2.55. The topological polar surface area (TPSA) is 48.0 Å². The minimum Gasteiger partial charge on any atom is -0.399 e. The lowest BCUT2D eigenvalue weighted by molar-refractivity contribution is 0.102. The summed E-state index contributed by atoms with van der Waals surface area (Å²) in [6, 6.07) is 9.42. The molecule has 0 bridgehead atoms. The number of hydrogen-bond donors (Lipinski definition) is 1. The average molecular weight is 284 g/mol. The number of nitrogen functional groups attached to an aromatic ring is 1. The number of carbonyl (C=O) groups is 1. The molecule has 0 atom stereocenters. The van der Waals surface area contributed by atoms with Gasteiger partial charge >= 0.3 is 0 Å². The van der Waals surface area contributed by atoms with Gasteiger partial charge in [0.25, 0.3) is 0 Å². The molecule has 0 amide bonds. The van der Waals surface area contributed by atoms with Crippen molar-refractivity contribution < 1.29 is 4.79 Å². The molecule has 0 aliphatic rings. The molecular formula is C18H24N2O. The van der Waals surface area contributed by atoms with Crippen LogP contribution >= 0.6 is 0 Å². The molecule has 0 saturated carbocycles. The summed E-state index contributed by atoms with van der Waals surface area (Å²) in [6.07, 6.45) is 2.83. The monoisotopic (exact) mass is 284 g/mol. The molecule has 3 heteroatoms. The lowest BCUT2D eigenvalue weighted by atomic mass is 10.0. The molecule has 21 heavy (non-hydrogen) atoms. The predicted molar refractivity (Wildman–Crippen MR) is 87.8 cm³/mol. The molecule has 0 aliphatic carbocycles. The summed E-state index contributed by atoms with van der Waals surface area (Å²) >= 11 is 0. The van der Waals surface area contributed by atoms with Gasteiger partial charge in [-0.05, 0) is 43.0 Å². The minimum atomic E-state index is 0.0762. The summed E-state index contributed by atoms with van der Waals surface area (Å²) in [6.45, 7) is 7.25. The van der Waals surface area contributed by atoms with Gasteiger partial charge < -0.3 is 10.3 Å². The highest BCUT2D eigenvalue weighted by molar-refractivity contribution is 6.09. The zero-order valence-corrected chi connectivity index (χ0v) is 13.1. The zero-order valence-electron chi connectivity index (χ0n) is 13.1. The second-order valence-corrected chi connectivity index (χ2v) is 5.32. The standard InChI is InChI=1S/C18H24N2O/c1-4-10-20-16(6-3)12-13(5-2)17(20)18(21)14-8-7-9-15(19)11-14/h7-9,11-12H,4-6,10,19H2,1-3H3. The number of anilines is 1. The third-order valence-corrected chi connectivity index (χ3v) is 3.82. The number of nitrogens with zero attached hydrogens (tertiary/aromatic N) is 1. The van der Waals surface area contributed by atoms with E-state index in [9.17, 15) is 4.79 Å². The normalized spacial score (nSPS) is 10.8. The summed E-state index contributed by atoms with van der Waals surface area (Å²) in [5, 5.41) is 0. The van der Waals surface area contributed by atoms with Crippen LogP contribution in [0.2, 0.25) is 0 Å². The Labute approximate surface area is 126 Å². The Hall–Kier alpha value is -2.03. The van der Waals surface area contributed by atoms with Gasteiger partial charge in [-0.25, -0.2) is 0 Å². The van der Waals surface area contributed by atoms with Crippen LogP contribution in [0.3, 0.4) is 0 Å². The van der Waals surface area contributed by atoms with Crippen molar-refractivity contribution in [2.24, 2.45) is 0 Å². The van der Waals surface area contributed by atoms with E-state index in [1.165, 1.54) is 5.69 Å². The Kier molecular flexibility index (Phi) is 4.84. The van der Waals surface area contributed by atoms with Crippen LogP contribution in [0.25, 0.3) is 0 Å². The smallest absolute Gasteiger partial charge is 0.209 e. The molecule has 2 aromatic rings. The molecule has 0 spiro atoms. The van der Waals surface area contributed by atoms with Gasteiger partial charge in [-0.15, -0.1) is 0 Å². The third-order valence-electron chi connectivity index (χ3n) is 3.82. The van der Waals surface area contributed by atoms with Gasteiger partial charge in [0.15, 0.2) is 0 Å². The highest BCUT2D eigenvalue weighted by atomic mass is 16.1. The van der Waals surface area contributed by atoms with Gasteiger partial charge in [-0.3, -0.25) is 4.79 Å². The fraction of sp³-hybridized carbons (Fsp3) is 0.389. The maximum absolute atomic E-state index is 12.9. The molecule has 0 unspecified atom stereocenters. The van der Waals surface area contributed by atoms with Crippen molar-refractivity contribution in [1.82, 2.24) is 4.57 Å². The fourth-order valence-electron chi connectivity index (χ4n) is 2.79. The van der Waals surface area contributed by atoms with Crippen molar-refractivity contribution in [1.29, 1.82) is 0 Å². The first-order chi connectivity index (χ1) is 10.1. The summed E-state index contributed by atoms with van der Waals surface area (Å²) in [5.74, 6) is 0.0762. The first-order valence-electron chi connectivity index (χ1n) is 7.73. The molecule has 2 rings (SSSR count). The molecule has 1 heterocycles. The Morgan fingerprint density at radius 3 is 2.48 bits per heavy atom. The fourth-order valence-corrected chi connectivity index (χ4v) is 2.79. The number of benzene rings is 1. The molecule has 1 aromatic heterocycles. The number of aryl methyl sites for hydroxylation is 2. The number of carbonyl (C=O) groups excluding carboxylic acids is 1. The molecule has 1 aromatic carbocycles. The van der Waals surface area contributed by atoms with Crippen LogP contribution < -0.4 is 5.73 Å². The van der Waals surface area contributed by atoms with E-state index in [2.05, 4.69) is 31.4 Å². The van der Waals surface area contributed by atoms with Gasteiger partial charge in [0, 0.05) is 23.5 Å². The molecule has 2 N–H and O–H groups in total. The van der Waals surface area contributed by atoms with Crippen LogP contribution in [0.1, 0.15) is 54.5 Å². The molecule has 0 fully saturated rings. The van der Waals surface area contributed by atoms with Crippen LogP contribution in [-0.2, 0) is 19.4 Å². The van der Waals surface area contributed by atoms with Crippen LogP contribution in [0.15, 0.2) is 30.3 Å². The molecule has 0 radical (unpaired) electrons. The van der Waals surface area contributed by atoms with Gasteiger partial charge in [0.05, 0.1) is 5.69 Å². The van der Waals surface area contributed by atoms with E-state index in [-0.39, 0.29) is 5.78 Å². The quantitative estimate of drug-likeness (QED) is 0.647. The first kappa shape index (κ1) is 15.4. The SMILES string of the molecule is CCCn1c(CC)cc(CC)c1C(=O)c1cccc(N)c1. The van der Waals surface area contributed by atoms with Crippen molar-refractivity contribution >= 4 is 11.5 Å². The van der Waals surface area contributed by atoms with E-state index >= 15 is 0 Å². The van der Waals surface area contributed by atoms with Crippen molar-refractivity contribution in [3.63, 3.8) is 0 Å². The maximum Gasteiger partial charge on any atom is 0.209 e. The number of nitrogens with two attached hydrogens (primary N) is 1. The lowest BCUT2D eigenvalue weighted by Crippen LogP contribution is -2.14. The van der Waals surface area contributed by atoms with Gasteiger partial charge in [0.2, 0.25) is 5.78 Å². The lowest BCUT2D eigenvalue weighted by Gasteiger charge is -2.12.